The predicted octanol–water partition coefficient (Wildman–Crippen LogP) is 4.69. The van der Waals surface area contributed by atoms with Gasteiger partial charge in [0.15, 0.2) is 6.29 Å². The van der Waals surface area contributed by atoms with Crippen molar-refractivity contribution in [3.8, 4) is 5.75 Å². The number of para-hydroxylation sites is 1. The zero-order chi connectivity index (χ0) is 27.0. The first-order chi connectivity index (χ1) is 19.1. The zero-order valence-corrected chi connectivity index (χ0v) is 21.5. The van der Waals surface area contributed by atoms with Crippen molar-refractivity contribution in [1.29, 1.82) is 0 Å². The fraction of sp³-hybridized carbons (Fsp3) is 0.290. The molecule has 39 heavy (non-hydrogen) atoms. The summed E-state index contributed by atoms with van der Waals surface area (Å²) in [6.45, 7) is 1.01. The molecule has 0 saturated carbocycles. The lowest BCUT2D eigenvalue weighted by Crippen LogP contribution is -2.46. The van der Waals surface area contributed by atoms with Crippen molar-refractivity contribution in [1.82, 2.24) is 10.3 Å². The number of aromatic amines is 1. The lowest BCUT2D eigenvalue weighted by atomic mass is 10.0. The Morgan fingerprint density at radius 1 is 1.00 bits per heavy atom. The predicted molar refractivity (Wildman–Crippen MR) is 146 cm³/mol. The molecule has 1 fully saturated rings. The number of Topliss-reactive ketones (excluding diaryl/α,β-unsaturated/α-hetero) is 1. The second-order valence-electron chi connectivity index (χ2n) is 9.57. The number of aliphatic hydroxyl groups excluding tert-OH is 1. The monoisotopic (exact) mass is 528 g/mol. The third-order valence-corrected chi connectivity index (χ3v) is 6.81. The topological polar surface area (TPSA) is 110 Å². The van der Waals surface area contributed by atoms with E-state index in [1.807, 2.05) is 48.5 Å². The van der Waals surface area contributed by atoms with Crippen molar-refractivity contribution in [2.75, 3.05) is 13.2 Å². The molecule has 1 aliphatic heterocycles. The molecule has 1 saturated heterocycles. The molecule has 0 aliphatic carbocycles. The molecule has 0 spiro atoms. The van der Waals surface area contributed by atoms with Gasteiger partial charge in [0, 0.05) is 23.7 Å². The first-order valence-electron chi connectivity index (χ1n) is 13.2. The van der Waals surface area contributed by atoms with E-state index in [2.05, 4.69) is 10.3 Å². The Labute approximate surface area is 226 Å². The van der Waals surface area contributed by atoms with Gasteiger partial charge < -0.3 is 29.6 Å². The van der Waals surface area contributed by atoms with Gasteiger partial charge in [-0.05, 0) is 48.6 Å². The van der Waals surface area contributed by atoms with E-state index < -0.39 is 30.1 Å². The van der Waals surface area contributed by atoms with Crippen LogP contribution in [0.25, 0.3) is 10.9 Å². The minimum absolute atomic E-state index is 0.0228. The number of carbonyl (C=O) groups is 2. The second-order valence-corrected chi connectivity index (χ2v) is 9.57. The number of ether oxygens (including phenoxy) is 3. The van der Waals surface area contributed by atoms with E-state index in [-0.39, 0.29) is 12.2 Å². The van der Waals surface area contributed by atoms with Crippen molar-refractivity contribution in [2.45, 2.75) is 44.3 Å². The average Bonchev–Trinajstić information content (AvgIpc) is 3.43. The van der Waals surface area contributed by atoms with Gasteiger partial charge in [0.25, 0.3) is 11.7 Å². The van der Waals surface area contributed by atoms with E-state index in [0.717, 1.165) is 30.3 Å². The Balaban J connectivity index is 1.28. The molecule has 1 aliphatic rings. The summed E-state index contributed by atoms with van der Waals surface area (Å²) < 4.78 is 17.4. The number of aromatic nitrogens is 1. The summed E-state index contributed by atoms with van der Waals surface area (Å²) in [6, 6.07) is 23.2. The highest BCUT2D eigenvalue weighted by Crippen LogP contribution is 2.24. The van der Waals surface area contributed by atoms with Gasteiger partial charge >= 0.3 is 0 Å². The highest BCUT2D eigenvalue weighted by Gasteiger charge is 2.29. The third kappa shape index (κ3) is 6.72. The maximum Gasteiger partial charge on any atom is 0.292 e. The Kier molecular flexibility index (Phi) is 8.68. The molecule has 1 amide bonds. The first-order valence-corrected chi connectivity index (χ1v) is 13.2. The van der Waals surface area contributed by atoms with Crippen molar-refractivity contribution in [3.63, 3.8) is 0 Å². The standard InChI is InChI=1S/C31H32N2O6/c34-29(22-13-15-23(16-14-22)38-19-21-8-2-1-3-9-21)27(20-39-28-12-6-7-17-37-28)33-31(36)30(35)25-18-32-26-11-5-4-10-24(25)26/h1-5,8-11,13-16,18,27-29,32,34H,6-7,12,17,19-20H2,(H,33,36)/t27-,28?,29-/m1/s1. The van der Waals surface area contributed by atoms with Crippen LogP contribution < -0.4 is 10.1 Å². The smallest absolute Gasteiger partial charge is 0.292 e. The van der Waals surface area contributed by atoms with Crippen LogP contribution in [0.1, 0.15) is 46.9 Å². The summed E-state index contributed by atoms with van der Waals surface area (Å²) in [5, 5.41) is 14.6. The fourth-order valence-corrected chi connectivity index (χ4v) is 4.62. The van der Waals surface area contributed by atoms with E-state index in [9.17, 15) is 14.7 Å². The number of aliphatic hydroxyl groups is 1. The molecule has 1 unspecified atom stereocenters. The molecule has 0 bridgehead atoms. The average molecular weight is 529 g/mol. The Hall–Kier alpha value is -3.98. The van der Waals surface area contributed by atoms with E-state index in [1.165, 1.54) is 6.20 Å². The van der Waals surface area contributed by atoms with E-state index in [4.69, 9.17) is 14.2 Å². The van der Waals surface area contributed by atoms with Crippen LogP contribution in [0.3, 0.4) is 0 Å². The lowest BCUT2D eigenvalue weighted by Gasteiger charge is -2.28. The summed E-state index contributed by atoms with van der Waals surface area (Å²) in [4.78, 5) is 29.1. The van der Waals surface area contributed by atoms with Gasteiger partial charge in [-0.1, -0.05) is 60.7 Å². The number of hydrogen-bond acceptors (Lipinski definition) is 6. The number of fused-ring (bicyclic) bond motifs is 1. The maximum atomic E-state index is 13.1. The third-order valence-electron chi connectivity index (χ3n) is 6.81. The largest absolute Gasteiger partial charge is 0.489 e. The molecule has 8 heteroatoms. The quantitative estimate of drug-likeness (QED) is 0.192. The van der Waals surface area contributed by atoms with Gasteiger partial charge in [0.1, 0.15) is 18.5 Å². The SMILES string of the molecule is O=C(N[C@H](COC1CCCCO1)[C@H](O)c1ccc(OCc2ccccc2)cc1)C(=O)c1c[nH]c2ccccc12. The van der Waals surface area contributed by atoms with Crippen LogP contribution in [-0.4, -0.2) is 47.3 Å². The fourth-order valence-electron chi connectivity index (χ4n) is 4.62. The summed E-state index contributed by atoms with van der Waals surface area (Å²) in [7, 11) is 0. The molecular formula is C31H32N2O6. The number of hydrogen-bond donors (Lipinski definition) is 3. The lowest BCUT2D eigenvalue weighted by molar-refractivity contribution is -0.170. The van der Waals surface area contributed by atoms with Crippen molar-refractivity contribution >= 4 is 22.6 Å². The minimum atomic E-state index is -1.13. The van der Waals surface area contributed by atoms with E-state index in [1.54, 1.807) is 30.3 Å². The van der Waals surface area contributed by atoms with Gasteiger partial charge in [0.05, 0.1) is 18.2 Å². The summed E-state index contributed by atoms with van der Waals surface area (Å²) in [5.74, 6) is -0.861. The first kappa shape index (κ1) is 26.6. The normalized spacial score (nSPS) is 16.9. The molecule has 3 N–H and O–H groups in total. The van der Waals surface area contributed by atoms with Gasteiger partial charge in [-0.25, -0.2) is 0 Å². The van der Waals surface area contributed by atoms with E-state index >= 15 is 0 Å². The minimum Gasteiger partial charge on any atom is -0.489 e. The van der Waals surface area contributed by atoms with Crippen LogP contribution in [0.4, 0.5) is 0 Å². The van der Waals surface area contributed by atoms with Gasteiger partial charge in [-0.15, -0.1) is 0 Å². The van der Waals surface area contributed by atoms with Crippen molar-refractivity contribution in [3.05, 3.63) is 102 Å². The molecule has 2 heterocycles. The summed E-state index contributed by atoms with van der Waals surface area (Å²) >= 11 is 0. The molecule has 1 aromatic heterocycles. The zero-order valence-electron chi connectivity index (χ0n) is 21.5. The Bertz CT molecular complexity index is 1380. The number of ketones is 1. The van der Waals surface area contributed by atoms with Crippen molar-refractivity contribution in [2.24, 2.45) is 0 Å². The molecule has 8 nitrogen and oxygen atoms in total. The number of rotatable bonds is 11. The Morgan fingerprint density at radius 3 is 2.54 bits per heavy atom. The summed E-state index contributed by atoms with van der Waals surface area (Å²) in [5.41, 5.74) is 2.64. The van der Waals surface area contributed by atoms with Crippen LogP contribution in [-0.2, 0) is 20.9 Å². The second kappa shape index (κ2) is 12.7. The number of carbonyl (C=O) groups excluding carboxylic acids is 2. The van der Waals surface area contributed by atoms with Crippen molar-refractivity contribution < 1.29 is 28.9 Å². The Morgan fingerprint density at radius 2 is 1.77 bits per heavy atom. The molecule has 0 radical (unpaired) electrons. The van der Waals surface area contributed by atoms with Gasteiger partial charge in [-0.2, -0.15) is 0 Å². The molecule has 3 aromatic carbocycles. The molecule has 3 atom stereocenters. The van der Waals surface area contributed by atoms with E-state index in [0.29, 0.717) is 29.9 Å². The van der Waals surface area contributed by atoms with Gasteiger partial charge in [-0.3, -0.25) is 9.59 Å². The van der Waals surface area contributed by atoms with Crippen LogP contribution in [0, 0.1) is 0 Å². The molecular weight excluding hydrogens is 496 g/mol. The molecule has 4 aromatic rings. The molecule has 5 rings (SSSR count). The van der Waals surface area contributed by atoms with Crippen LogP contribution in [0.15, 0.2) is 85.1 Å². The number of nitrogens with one attached hydrogen (secondary N) is 2. The highest BCUT2D eigenvalue weighted by atomic mass is 16.7. The maximum absolute atomic E-state index is 13.1. The van der Waals surface area contributed by atoms with Crippen LogP contribution >= 0.6 is 0 Å². The highest BCUT2D eigenvalue weighted by molar-refractivity contribution is 6.45. The summed E-state index contributed by atoms with van der Waals surface area (Å²) in [6.07, 6.45) is 2.67. The number of amides is 1. The number of H-pyrrole nitrogens is 1. The van der Waals surface area contributed by atoms with Crippen LogP contribution in [0.2, 0.25) is 0 Å². The number of benzene rings is 3. The van der Waals surface area contributed by atoms with Gasteiger partial charge in [0.2, 0.25) is 0 Å². The molecule has 202 valence electrons. The van der Waals surface area contributed by atoms with Crippen LogP contribution in [0.5, 0.6) is 5.75 Å².